The van der Waals surface area contributed by atoms with E-state index in [0.717, 1.165) is 10.9 Å². The molecule has 2 N–H and O–H groups in total. The molecule has 3 rings (SSSR count). The Bertz CT molecular complexity index is 852. The Labute approximate surface area is 126 Å². The number of hydrogen-bond donors (Lipinski definition) is 2. The van der Waals surface area contributed by atoms with Gasteiger partial charge in [-0.2, -0.15) is 0 Å². The summed E-state index contributed by atoms with van der Waals surface area (Å²) in [5.74, 6) is -0.678. The predicted octanol–water partition coefficient (Wildman–Crippen LogP) is 3.21. The number of benzene rings is 2. The Balaban J connectivity index is 1.87. The van der Waals surface area contributed by atoms with Gasteiger partial charge >= 0.3 is 5.97 Å². The minimum atomic E-state index is -0.441. The number of ether oxygens (including phenoxy) is 1. The summed E-state index contributed by atoms with van der Waals surface area (Å²) >= 11 is 0. The summed E-state index contributed by atoms with van der Waals surface area (Å²) in [4.78, 5) is 27.0. The number of carbonyl (C=O) groups excluding carboxylic acids is 2. The second-order valence-corrected chi connectivity index (χ2v) is 4.77. The third-order valence-electron chi connectivity index (χ3n) is 3.38. The molecule has 0 saturated carbocycles. The predicted molar refractivity (Wildman–Crippen MR) is 84.0 cm³/mol. The lowest BCUT2D eigenvalue weighted by molar-refractivity contribution is 0.0600. The molecule has 0 unspecified atom stereocenters. The van der Waals surface area contributed by atoms with Gasteiger partial charge in [-0.1, -0.05) is 24.3 Å². The number of aromatic nitrogens is 1. The lowest BCUT2D eigenvalue weighted by Gasteiger charge is -2.06. The van der Waals surface area contributed by atoms with E-state index in [-0.39, 0.29) is 5.91 Å². The number of H-pyrrole nitrogens is 1. The molecule has 0 bridgehead atoms. The molecular weight excluding hydrogens is 280 g/mol. The Morgan fingerprint density at radius 1 is 1.09 bits per heavy atom. The molecule has 0 saturated heterocycles. The summed E-state index contributed by atoms with van der Waals surface area (Å²) in [5, 5.41) is 3.64. The van der Waals surface area contributed by atoms with E-state index >= 15 is 0 Å². The maximum absolute atomic E-state index is 12.4. The van der Waals surface area contributed by atoms with Crippen molar-refractivity contribution in [3.8, 4) is 0 Å². The Kier molecular flexibility index (Phi) is 3.62. The lowest BCUT2D eigenvalue weighted by Crippen LogP contribution is -2.12. The highest BCUT2D eigenvalue weighted by Gasteiger charge is 2.13. The van der Waals surface area contributed by atoms with Crippen LogP contribution in [0.2, 0.25) is 0 Å². The zero-order chi connectivity index (χ0) is 15.5. The minimum absolute atomic E-state index is 0.237. The number of amides is 1. The number of esters is 1. The second-order valence-electron chi connectivity index (χ2n) is 4.77. The van der Waals surface area contributed by atoms with Crippen molar-refractivity contribution in [2.24, 2.45) is 0 Å². The highest BCUT2D eigenvalue weighted by Crippen LogP contribution is 2.19. The number of methoxy groups -OCH3 is 1. The number of carbonyl (C=O) groups is 2. The van der Waals surface area contributed by atoms with Crippen LogP contribution in [-0.4, -0.2) is 24.0 Å². The average molecular weight is 294 g/mol. The molecule has 0 aliphatic carbocycles. The molecule has 2 aromatic carbocycles. The molecule has 0 atom stereocenters. The van der Waals surface area contributed by atoms with Crippen LogP contribution < -0.4 is 5.32 Å². The monoisotopic (exact) mass is 294 g/mol. The van der Waals surface area contributed by atoms with Gasteiger partial charge in [0.2, 0.25) is 0 Å². The van der Waals surface area contributed by atoms with E-state index in [1.165, 1.54) is 7.11 Å². The molecule has 0 spiro atoms. The molecule has 22 heavy (non-hydrogen) atoms. The fourth-order valence-corrected chi connectivity index (χ4v) is 2.30. The molecule has 0 aliphatic rings. The maximum atomic E-state index is 12.4. The molecule has 0 fully saturated rings. The number of para-hydroxylation sites is 1. The molecule has 110 valence electrons. The fraction of sp³-hybridized carbons (Fsp3) is 0.0588. The highest BCUT2D eigenvalue weighted by molar-refractivity contribution is 6.13. The van der Waals surface area contributed by atoms with E-state index in [1.807, 2.05) is 24.3 Å². The van der Waals surface area contributed by atoms with Crippen LogP contribution in [-0.2, 0) is 4.74 Å². The molecular formula is C17H14N2O3. The summed E-state index contributed by atoms with van der Waals surface area (Å²) in [6.45, 7) is 0. The van der Waals surface area contributed by atoms with Gasteiger partial charge in [0.25, 0.3) is 5.91 Å². The number of hydrogen-bond acceptors (Lipinski definition) is 3. The van der Waals surface area contributed by atoms with E-state index in [1.54, 1.807) is 30.5 Å². The van der Waals surface area contributed by atoms with Crippen molar-refractivity contribution in [1.29, 1.82) is 0 Å². The smallest absolute Gasteiger partial charge is 0.337 e. The summed E-state index contributed by atoms with van der Waals surface area (Å²) in [5.41, 5.74) is 2.38. The Hall–Kier alpha value is -3.08. The Morgan fingerprint density at radius 3 is 2.73 bits per heavy atom. The van der Waals surface area contributed by atoms with Gasteiger partial charge in [0.15, 0.2) is 0 Å². The summed E-state index contributed by atoms with van der Waals surface area (Å²) in [6.07, 6.45) is 1.67. The molecule has 0 radical (unpaired) electrons. The maximum Gasteiger partial charge on any atom is 0.337 e. The first-order chi connectivity index (χ1) is 10.7. The first-order valence-electron chi connectivity index (χ1n) is 6.75. The van der Waals surface area contributed by atoms with Gasteiger partial charge < -0.3 is 15.0 Å². The quantitative estimate of drug-likeness (QED) is 0.729. The van der Waals surface area contributed by atoms with Gasteiger partial charge in [0.05, 0.1) is 18.2 Å². The Morgan fingerprint density at radius 2 is 1.91 bits per heavy atom. The van der Waals surface area contributed by atoms with E-state index in [2.05, 4.69) is 15.0 Å². The normalized spacial score (nSPS) is 10.4. The van der Waals surface area contributed by atoms with Crippen LogP contribution in [0.1, 0.15) is 20.7 Å². The zero-order valence-electron chi connectivity index (χ0n) is 11.9. The van der Waals surface area contributed by atoms with Crippen molar-refractivity contribution in [2.45, 2.75) is 0 Å². The van der Waals surface area contributed by atoms with E-state index in [9.17, 15) is 9.59 Å². The van der Waals surface area contributed by atoms with Gasteiger partial charge in [0.1, 0.15) is 0 Å². The minimum Gasteiger partial charge on any atom is -0.465 e. The standard InChI is InChI=1S/C17H14N2O3/c1-22-17(21)11-5-4-6-12(9-11)19-16(20)14-10-18-15-8-3-2-7-13(14)15/h2-10,18H,1H3,(H,19,20). The fourth-order valence-electron chi connectivity index (χ4n) is 2.30. The van der Waals surface area contributed by atoms with Crippen LogP contribution in [0, 0.1) is 0 Å². The van der Waals surface area contributed by atoms with Crippen molar-refractivity contribution in [3.05, 3.63) is 65.9 Å². The van der Waals surface area contributed by atoms with Crippen LogP contribution in [0.25, 0.3) is 10.9 Å². The molecule has 1 heterocycles. The van der Waals surface area contributed by atoms with Crippen LogP contribution in [0.4, 0.5) is 5.69 Å². The topological polar surface area (TPSA) is 71.2 Å². The molecule has 5 heteroatoms. The summed E-state index contributed by atoms with van der Waals surface area (Å²) < 4.78 is 4.67. The van der Waals surface area contributed by atoms with Crippen molar-refractivity contribution in [2.75, 3.05) is 12.4 Å². The van der Waals surface area contributed by atoms with Gasteiger partial charge in [0, 0.05) is 22.8 Å². The third kappa shape index (κ3) is 2.56. The van der Waals surface area contributed by atoms with E-state index in [0.29, 0.717) is 16.8 Å². The van der Waals surface area contributed by atoms with E-state index < -0.39 is 5.97 Å². The first-order valence-corrected chi connectivity index (χ1v) is 6.75. The van der Waals surface area contributed by atoms with Crippen molar-refractivity contribution in [3.63, 3.8) is 0 Å². The van der Waals surface area contributed by atoms with Crippen LogP contribution >= 0.6 is 0 Å². The van der Waals surface area contributed by atoms with Crippen molar-refractivity contribution >= 4 is 28.5 Å². The first kappa shape index (κ1) is 13.9. The number of anilines is 1. The third-order valence-corrected chi connectivity index (χ3v) is 3.38. The summed E-state index contributed by atoms with van der Waals surface area (Å²) in [7, 11) is 1.32. The average Bonchev–Trinajstić information content (AvgIpc) is 2.98. The largest absolute Gasteiger partial charge is 0.465 e. The van der Waals surface area contributed by atoms with Crippen LogP contribution in [0.15, 0.2) is 54.7 Å². The molecule has 0 aliphatic heterocycles. The van der Waals surface area contributed by atoms with Gasteiger partial charge in [-0.3, -0.25) is 4.79 Å². The van der Waals surface area contributed by atoms with Crippen molar-refractivity contribution < 1.29 is 14.3 Å². The second kappa shape index (κ2) is 5.73. The molecule has 5 nitrogen and oxygen atoms in total. The number of nitrogens with one attached hydrogen (secondary N) is 2. The highest BCUT2D eigenvalue weighted by atomic mass is 16.5. The zero-order valence-corrected chi connectivity index (χ0v) is 11.9. The van der Waals surface area contributed by atoms with Gasteiger partial charge in [-0.25, -0.2) is 4.79 Å². The summed E-state index contributed by atoms with van der Waals surface area (Å²) in [6, 6.07) is 14.2. The number of fused-ring (bicyclic) bond motifs is 1. The van der Waals surface area contributed by atoms with Crippen LogP contribution in [0.3, 0.4) is 0 Å². The van der Waals surface area contributed by atoms with Crippen molar-refractivity contribution in [1.82, 2.24) is 4.98 Å². The molecule has 1 aromatic heterocycles. The molecule has 1 amide bonds. The van der Waals surface area contributed by atoms with E-state index in [4.69, 9.17) is 0 Å². The van der Waals surface area contributed by atoms with Gasteiger partial charge in [-0.15, -0.1) is 0 Å². The van der Waals surface area contributed by atoms with Gasteiger partial charge in [-0.05, 0) is 24.3 Å². The van der Waals surface area contributed by atoms with Crippen LogP contribution in [0.5, 0.6) is 0 Å². The number of aromatic amines is 1. The lowest BCUT2D eigenvalue weighted by atomic mass is 10.1. The molecule has 3 aromatic rings. The number of rotatable bonds is 3. The SMILES string of the molecule is COC(=O)c1cccc(NC(=O)c2c[nH]c3ccccc23)c1.